The SMILES string of the molecule is O=C(O)O.O=C1CCCCO1.O=C1CCCCO1. The Hall–Kier alpha value is -1.79. The highest BCUT2D eigenvalue weighted by molar-refractivity contribution is 5.70. The van der Waals surface area contributed by atoms with E-state index in [2.05, 4.69) is 9.47 Å². The smallest absolute Gasteiger partial charge is 0.466 e. The van der Waals surface area contributed by atoms with Gasteiger partial charge in [0, 0.05) is 12.8 Å². The lowest BCUT2D eigenvalue weighted by molar-refractivity contribution is -0.147. The average molecular weight is 262 g/mol. The lowest BCUT2D eigenvalue weighted by Gasteiger charge is -2.08. The van der Waals surface area contributed by atoms with Gasteiger partial charge >= 0.3 is 18.1 Å². The van der Waals surface area contributed by atoms with Crippen LogP contribution in [0.2, 0.25) is 0 Å². The van der Waals surface area contributed by atoms with Crippen molar-refractivity contribution in [3.05, 3.63) is 0 Å². The molecule has 0 atom stereocenters. The second kappa shape index (κ2) is 10.4. The molecule has 2 fully saturated rings. The Bertz CT molecular complexity index is 233. The van der Waals surface area contributed by atoms with Crippen molar-refractivity contribution in [3.8, 4) is 0 Å². The summed E-state index contributed by atoms with van der Waals surface area (Å²) in [6.45, 7) is 1.28. The first-order chi connectivity index (χ1) is 8.52. The van der Waals surface area contributed by atoms with E-state index >= 15 is 0 Å². The molecule has 7 heteroatoms. The molecule has 2 N–H and O–H groups in total. The van der Waals surface area contributed by atoms with Crippen LogP contribution in [0.1, 0.15) is 38.5 Å². The Morgan fingerprint density at radius 2 is 1.17 bits per heavy atom. The van der Waals surface area contributed by atoms with Crippen molar-refractivity contribution in [1.82, 2.24) is 0 Å². The molecule has 2 rings (SSSR count). The molecule has 2 aliphatic rings. The zero-order valence-corrected chi connectivity index (χ0v) is 10.1. The maximum absolute atomic E-state index is 10.2. The van der Waals surface area contributed by atoms with Crippen molar-refractivity contribution in [1.29, 1.82) is 0 Å². The summed E-state index contributed by atoms with van der Waals surface area (Å²) in [6.07, 6.45) is 3.54. The summed E-state index contributed by atoms with van der Waals surface area (Å²) in [5.41, 5.74) is 0. The minimum Gasteiger partial charge on any atom is -0.466 e. The number of esters is 2. The Morgan fingerprint density at radius 3 is 1.28 bits per heavy atom. The first-order valence-corrected chi connectivity index (χ1v) is 5.75. The van der Waals surface area contributed by atoms with Crippen molar-refractivity contribution in [3.63, 3.8) is 0 Å². The van der Waals surface area contributed by atoms with Crippen molar-refractivity contribution in [2.24, 2.45) is 0 Å². The van der Waals surface area contributed by atoms with Gasteiger partial charge in [-0.25, -0.2) is 4.79 Å². The van der Waals surface area contributed by atoms with Gasteiger partial charge in [0.1, 0.15) is 0 Å². The molecule has 2 aliphatic heterocycles. The Balaban J connectivity index is 0.000000253. The second-order valence-corrected chi connectivity index (χ2v) is 3.64. The van der Waals surface area contributed by atoms with E-state index in [4.69, 9.17) is 15.0 Å². The molecule has 0 aromatic heterocycles. The highest BCUT2D eigenvalue weighted by atomic mass is 16.6. The summed E-state index contributed by atoms with van der Waals surface area (Å²) in [4.78, 5) is 29.0. The van der Waals surface area contributed by atoms with Crippen LogP contribution in [0, 0.1) is 0 Å². The van der Waals surface area contributed by atoms with Gasteiger partial charge in [0.15, 0.2) is 0 Å². The van der Waals surface area contributed by atoms with Gasteiger partial charge in [-0.2, -0.15) is 0 Å². The van der Waals surface area contributed by atoms with Crippen LogP contribution in [0.15, 0.2) is 0 Å². The molecule has 0 saturated carbocycles. The number of rotatable bonds is 0. The first-order valence-electron chi connectivity index (χ1n) is 5.75. The maximum Gasteiger partial charge on any atom is 0.503 e. The molecule has 0 unspecified atom stereocenters. The summed E-state index contributed by atoms with van der Waals surface area (Å²) >= 11 is 0. The molecule has 0 aromatic carbocycles. The summed E-state index contributed by atoms with van der Waals surface area (Å²) in [7, 11) is 0. The van der Waals surface area contributed by atoms with Crippen LogP contribution in [0.4, 0.5) is 4.79 Å². The summed E-state index contributed by atoms with van der Waals surface area (Å²) in [6, 6.07) is 0. The van der Waals surface area contributed by atoms with Crippen molar-refractivity contribution >= 4 is 18.1 Å². The van der Waals surface area contributed by atoms with Gasteiger partial charge < -0.3 is 19.7 Å². The van der Waals surface area contributed by atoms with Gasteiger partial charge in [-0.15, -0.1) is 0 Å². The number of carbonyl (C=O) groups excluding carboxylic acids is 2. The lowest BCUT2D eigenvalue weighted by Crippen LogP contribution is -2.11. The minimum atomic E-state index is -1.83. The lowest BCUT2D eigenvalue weighted by atomic mass is 10.2. The third kappa shape index (κ3) is 12.3. The molecule has 0 aromatic rings. The van der Waals surface area contributed by atoms with E-state index in [0.29, 0.717) is 26.1 Å². The van der Waals surface area contributed by atoms with Crippen LogP contribution in [0.5, 0.6) is 0 Å². The number of carboxylic acid groups (broad SMARTS) is 2. The fourth-order valence-electron chi connectivity index (χ4n) is 1.26. The van der Waals surface area contributed by atoms with Crippen molar-refractivity contribution in [2.45, 2.75) is 38.5 Å². The predicted molar refractivity (Wildman–Crippen MR) is 60.3 cm³/mol. The van der Waals surface area contributed by atoms with Crippen LogP contribution in [-0.4, -0.2) is 41.5 Å². The van der Waals surface area contributed by atoms with Gasteiger partial charge in [-0.05, 0) is 25.7 Å². The van der Waals surface area contributed by atoms with Gasteiger partial charge in [-0.3, -0.25) is 9.59 Å². The van der Waals surface area contributed by atoms with Gasteiger partial charge in [0.05, 0.1) is 13.2 Å². The zero-order valence-electron chi connectivity index (χ0n) is 10.1. The molecule has 18 heavy (non-hydrogen) atoms. The Morgan fingerprint density at radius 1 is 0.833 bits per heavy atom. The van der Waals surface area contributed by atoms with Gasteiger partial charge in [0.25, 0.3) is 0 Å². The highest BCUT2D eigenvalue weighted by Gasteiger charge is 2.07. The van der Waals surface area contributed by atoms with E-state index in [1.54, 1.807) is 0 Å². The quantitative estimate of drug-likeness (QED) is 0.638. The molecular formula is C11H18O7. The average Bonchev–Trinajstić information content (AvgIpc) is 2.31. The fourth-order valence-corrected chi connectivity index (χ4v) is 1.26. The normalized spacial score (nSPS) is 18.0. The standard InChI is InChI=1S/2C5H8O2.CH2O3/c2*6-5-3-1-2-4-7-5;2-1(3)4/h2*1-4H2;(H2,2,3,4). The second-order valence-electron chi connectivity index (χ2n) is 3.64. The molecule has 0 bridgehead atoms. The van der Waals surface area contributed by atoms with E-state index in [-0.39, 0.29) is 11.9 Å². The fraction of sp³-hybridized carbons (Fsp3) is 0.727. The van der Waals surface area contributed by atoms with Crippen molar-refractivity contribution < 1.29 is 34.1 Å². The van der Waals surface area contributed by atoms with Crippen LogP contribution in [0.25, 0.3) is 0 Å². The predicted octanol–water partition coefficient (Wildman–Crippen LogP) is 1.65. The third-order valence-electron chi connectivity index (χ3n) is 2.08. The number of carbonyl (C=O) groups is 3. The van der Waals surface area contributed by atoms with E-state index in [0.717, 1.165) is 25.7 Å². The molecule has 104 valence electrons. The van der Waals surface area contributed by atoms with E-state index in [1.165, 1.54) is 0 Å². The maximum atomic E-state index is 10.2. The molecule has 2 saturated heterocycles. The highest BCUT2D eigenvalue weighted by Crippen LogP contribution is 2.04. The molecule has 0 radical (unpaired) electrons. The van der Waals surface area contributed by atoms with Crippen LogP contribution in [0.3, 0.4) is 0 Å². The van der Waals surface area contributed by atoms with Crippen LogP contribution >= 0.6 is 0 Å². The number of hydrogen-bond donors (Lipinski definition) is 2. The number of ether oxygens (including phenoxy) is 2. The monoisotopic (exact) mass is 262 g/mol. The molecule has 0 spiro atoms. The topological polar surface area (TPSA) is 110 Å². The number of cyclic esters (lactones) is 2. The summed E-state index contributed by atoms with van der Waals surface area (Å²) in [5.74, 6) is -0.0718. The molecule has 0 aliphatic carbocycles. The summed E-state index contributed by atoms with van der Waals surface area (Å²) < 4.78 is 9.28. The zero-order chi connectivity index (χ0) is 13.8. The Labute approximate surface area is 105 Å². The largest absolute Gasteiger partial charge is 0.503 e. The Kier molecular flexibility index (Phi) is 9.34. The van der Waals surface area contributed by atoms with Gasteiger partial charge in [-0.1, -0.05) is 0 Å². The first kappa shape index (κ1) is 16.2. The van der Waals surface area contributed by atoms with Crippen LogP contribution in [-0.2, 0) is 19.1 Å². The summed E-state index contributed by atoms with van der Waals surface area (Å²) in [5, 5.41) is 13.9. The molecule has 7 nitrogen and oxygen atoms in total. The van der Waals surface area contributed by atoms with E-state index < -0.39 is 6.16 Å². The van der Waals surface area contributed by atoms with Crippen LogP contribution < -0.4 is 0 Å². The van der Waals surface area contributed by atoms with Gasteiger partial charge in [0.2, 0.25) is 0 Å². The third-order valence-corrected chi connectivity index (χ3v) is 2.08. The van der Waals surface area contributed by atoms with Crippen molar-refractivity contribution in [2.75, 3.05) is 13.2 Å². The van der Waals surface area contributed by atoms with E-state index in [1.807, 2.05) is 0 Å². The molecule has 2 heterocycles. The minimum absolute atomic E-state index is 0.0359. The number of hydrogen-bond acceptors (Lipinski definition) is 5. The van der Waals surface area contributed by atoms with E-state index in [9.17, 15) is 9.59 Å². The molecule has 0 amide bonds. The molecular weight excluding hydrogens is 244 g/mol.